The minimum absolute atomic E-state index is 0.336. The fourth-order valence-corrected chi connectivity index (χ4v) is 3.74. The van der Waals surface area contributed by atoms with Crippen molar-refractivity contribution in [3.05, 3.63) is 20.8 Å². The van der Waals surface area contributed by atoms with E-state index in [0.29, 0.717) is 17.1 Å². The molecule has 1 aliphatic heterocycles. The first kappa shape index (κ1) is 17.8. The molecule has 0 aliphatic carbocycles. The maximum absolute atomic E-state index is 12.5. The lowest BCUT2D eigenvalue weighted by Crippen LogP contribution is -2.36. The van der Waals surface area contributed by atoms with E-state index in [-0.39, 0.29) is 5.56 Å². The van der Waals surface area contributed by atoms with E-state index in [1.807, 2.05) is 4.57 Å². The van der Waals surface area contributed by atoms with E-state index in [2.05, 4.69) is 23.7 Å². The molecule has 1 atom stereocenters. The highest BCUT2D eigenvalue weighted by Crippen LogP contribution is 2.25. The van der Waals surface area contributed by atoms with E-state index in [0.717, 1.165) is 44.8 Å². The van der Waals surface area contributed by atoms with Crippen molar-refractivity contribution < 1.29 is 0 Å². The van der Waals surface area contributed by atoms with Crippen molar-refractivity contribution in [3.63, 3.8) is 0 Å². The number of hydrogen-bond acceptors (Lipinski definition) is 4. The van der Waals surface area contributed by atoms with Gasteiger partial charge in [-0.3, -0.25) is 14.3 Å². The number of aromatic amines is 1. The van der Waals surface area contributed by atoms with Crippen molar-refractivity contribution in [2.75, 3.05) is 18.0 Å². The SMILES string of the molecule is CCCCCCn1c(N2CCC[C@H](C)C2)nc2c1c(=O)[nH]c(=O)n2C. The second-order valence-electron chi connectivity index (χ2n) is 7.31. The number of piperidine rings is 1. The van der Waals surface area contributed by atoms with Crippen molar-refractivity contribution >= 4 is 17.1 Å². The summed E-state index contributed by atoms with van der Waals surface area (Å²) in [5.74, 6) is 1.45. The monoisotopic (exact) mass is 347 g/mol. The highest BCUT2D eigenvalue weighted by Gasteiger charge is 2.24. The van der Waals surface area contributed by atoms with Crippen LogP contribution in [0.4, 0.5) is 5.95 Å². The second kappa shape index (κ2) is 7.45. The first-order valence-corrected chi connectivity index (χ1v) is 9.47. The molecule has 0 unspecified atom stereocenters. The summed E-state index contributed by atoms with van der Waals surface area (Å²) in [6, 6.07) is 0. The van der Waals surface area contributed by atoms with Gasteiger partial charge in [-0.05, 0) is 25.2 Å². The quantitative estimate of drug-likeness (QED) is 0.813. The molecule has 25 heavy (non-hydrogen) atoms. The number of aromatic nitrogens is 4. The Morgan fingerprint density at radius 1 is 1.24 bits per heavy atom. The molecule has 1 fully saturated rings. The summed E-state index contributed by atoms with van der Waals surface area (Å²) in [6.07, 6.45) is 6.88. The van der Waals surface area contributed by atoms with Crippen molar-refractivity contribution in [1.29, 1.82) is 0 Å². The predicted molar refractivity (Wildman–Crippen MR) is 100 cm³/mol. The third-order valence-corrected chi connectivity index (χ3v) is 5.16. The minimum atomic E-state index is -0.410. The third-order valence-electron chi connectivity index (χ3n) is 5.16. The highest BCUT2D eigenvalue weighted by atomic mass is 16.2. The number of imidazole rings is 1. The van der Waals surface area contributed by atoms with Crippen molar-refractivity contribution in [2.45, 2.75) is 58.9 Å². The largest absolute Gasteiger partial charge is 0.342 e. The average Bonchev–Trinajstić information content (AvgIpc) is 2.97. The molecule has 138 valence electrons. The van der Waals surface area contributed by atoms with Crippen LogP contribution in [-0.2, 0) is 13.6 Å². The second-order valence-corrected chi connectivity index (χ2v) is 7.31. The van der Waals surface area contributed by atoms with Gasteiger partial charge in [-0.15, -0.1) is 0 Å². The summed E-state index contributed by atoms with van der Waals surface area (Å²) >= 11 is 0. The van der Waals surface area contributed by atoms with E-state index < -0.39 is 5.69 Å². The number of nitrogens with one attached hydrogen (secondary N) is 1. The highest BCUT2D eigenvalue weighted by molar-refractivity contribution is 5.74. The summed E-state index contributed by atoms with van der Waals surface area (Å²) in [7, 11) is 1.66. The zero-order valence-corrected chi connectivity index (χ0v) is 15.5. The number of anilines is 1. The molecule has 0 saturated carbocycles. The third kappa shape index (κ3) is 3.50. The van der Waals surface area contributed by atoms with E-state index >= 15 is 0 Å². The van der Waals surface area contributed by atoms with Crippen molar-refractivity contribution in [2.24, 2.45) is 13.0 Å². The van der Waals surface area contributed by atoms with Crippen molar-refractivity contribution in [1.82, 2.24) is 19.1 Å². The topological polar surface area (TPSA) is 75.9 Å². The molecule has 3 heterocycles. The van der Waals surface area contributed by atoms with Crippen LogP contribution in [0, 0.1) is 5.92 Å². The Morgan fingerprint density at radius 3 is 2.76 bits per heavy atom. The van der Waals surface area contributed by atoms with E-state index in [1.165, 1.54) is 23.8 Å². The molecule has 2 aromatic rings. The minimum Gasteiger partial charge on any atom is -0.342 e. The van der Waals surface area contributed by atoms with Crippen LogP contribution in [0.25, 0.3) is 11.2 Å². The molecule has 7 nitrogen and oxygen atoms in total. The summed E-state index contributed by atoms with van der Waals surface area (Å²) in [5, 5.41) is 0. The lowest BCUT2D eigenvalue weighted by atomic mass is 10.0. The van der Waals surface area contributed by atoms with Crippen LogP contribution in [0.15, 0.2) is 9.59 Å². The molecule has 0 bridgehead atoms. The molecule has 1 saturated heterocycles. The molecule has 2 aromatic heterocycles. The van der Waals surface area contributed by atoms with Crippen molar-refractivity contribution in [3.8, 4) is 0 Å². The van der Waals surface area contributed by atoms with Gasteiger partial charge in [0.25, 0.3) is 5.56 Å². The zero-order valence-electron chi connectivity index (χ0n) is 15.5. The number of H-pyrrole nitrogens is 1. The van der Waals surface area contributed by atoms with Crippen LogP contribution in [0.5, 0.6) is 0 Å². The van der Waals surface area contributed by atoms with Gasteiger partial charge in [0.2, 0.25) is 5.95 Å². The fourth-order valence-electron chi connectivity index (χ4n) is 3.74. The van der Waals surface area contributed by atoms with E-state index in [4.69, 9.17) is 4.98 Å². The van der Waals surface area contributed by atoms with Gasteiger partial charge in [-0.25, -0.2) is 4.79 Å². The number of fused-ring (bicyclic) bond motifs is 1. The zero-order chi connectivity index (χ0) is 18.0. The maximum atomic E-state index is 12.5. The molecular weight excluding hydrogens is 318 g/mol. The maximum Gasteiger partial charge on any atom is 0.329 e. The van der Waals surface area contributed by atoms with Gasteiger partial charge in [0, 0.05) is 26.7 Å². The van der Waals surface area contributed by atoms with Gasteiger partial charge in [0.05, 0.1) is 0 Å². The molecule has 0 amide bonds. The number of rotatable bonds is 6. The van der Waals surface area contributed by atoms with Gasteiger partial charge >= 0.3 is 5.69 Å². The Bertz CT molecular complexity index is 847. The Morgan fingerprint density at radius 2 is 2.04 bits per heavy atom. The van der Waals surface area contributed by atoms with Gasteiger partial charge in [-0.1, -0.05) is 33.1 Å². The van der Waals surface area contributed by atoms with Crippen LogP contribution < -0.4 is 16.1 Å². The molecule has 1 N–H and O–H groups in total. The van der Waals surface area contributed by atoms with Crippen LogP contribution >= 0.6 is 0 Å². The Hall–Kier alpha value is -2.05. The predicted octanol–water partition coefficient (Wildman–Crippen LogP) is 2.24. The number of unbranched alkanes of at least 4 members (excludes halogenated alkanes) is 3. The Labute approximate surface area is 147 Å². The summed E-state index contributed by atoms with van der Waals surface area (Å²) < 4.78 is 3.47. The molecule has 1 aliphatic rings. The molecule has 0 radical (unpaired) electrons. The normalized spacial score (nSPS) is 18.2. The van der Waals surface area contributed by atoms with Crippen LogP contribution in [0.1, 0.15) is 52.4 Å². The lowest BCUT2D eigenvalue weighted by molar-refractivity contribution is 0.436. The molecule has 7 heteroatoms. The van der Waals surface area contributed by atoms with E-state index in [1.54, 1.807) is 7.05 Å². The van der Waals surface area contributed by atoms with Crippen LogP contribution in [0.2, 0.25) is 0 Å². The number of nitrogens with zero attached hydrogens (tertiary/aromatic N) is 4. The first-order chi connectivity index (χ1) is 12.0. The van der Waals surface area contributed by atoms with Crippen LogP contribution in [-0.4, -0.2) is 32.2 Å². The van der Waals surface area contributed by atoms with Gasteiger partial charge < -0.3 is 9.47 Å². The number of aryl methyl sites for hydroxylation is 2. The summed E-state index contributed by atoms with van der Waals surface area (Å²) in [6.45, 7) is 7.10. The smallest absolute Gasteiger partial charge is 0.329 e. The lowest BCUT2D eigenvalue weighted by Gasteiger charge is -2.32. The molecule has 0 spiro atoms. The first-order valence-electron chi connectivity index (χ1n) is 9.47. The van der Waals surface area contributed by atoms with E-state index in [9.17, 15) is 9.59 Å². The summed E-state index contributed by atoms with van der Waals surface area (Å²) in [5.41, 5.74) is 0.258. The van der Waals surface area contributed by atoms with Gasteiger partial charge in [-0.2, -0.15) is 4.98 Å². The molecule has 0 aromatic carbocycles. The standard InChI is InChI=1S/C18H29N5O2/c1-4-5-6-7-11-23-14-15(21(3)18(25)20-16(14)24)19-17(23)22-10-8-9-13(2)12-22/h13H,4-12H2,1-3H3,(H,20,24,25)/t13-/m0/s1. The number of hydrogen-bond donors (Lipinski definition) is 1. The van der Waals surface area contributed by atoms with Gasteiger partial charge in [0.15, 0.2) is 11.2 Å². The Balaban J connectivity index is 2.07. The average molecular weight is 347 g/mol. The summed E-state index contributed by atoms with van der Waals surface area (Å²) in [4.78, 5) is 33.8. The Kier molecular flexibility index (Phi) is 5.30. The molecular formula is C18H29N5O2. The fraction of sp³-hybridized carbons (Fsp3) is 0.722. The van der Waals surface area contributed by atoms with Gasteiger partial charge in [0.1, 0.15) is 0 Å². The molecule has 3 rings (SSSR count). The van der Waals surface area contributed by atoms with Crippen LogP contribution in [0.3, 0.4) is 0 Å².